The Balaban J connectivity index is 0.00000144. The molecule has 0 aromatic rings. The minimum absolute atomic E-state index is 0. The number of ether oxygens (including phenoxy) is 1. The van der Waals surface area contributed by atoms with E-state index in [1.165, 1.54) is 19.3 Å². The van der Waals surface area contributed by atoms with Gasteiger partial charge >= 0.3 is 5.97 Å². The van der Waals surface area contributed by atoms with E-state index in [4.69, 9.17) is 4.74 Å². The molecule has 2 radical (unpaired) electrons. The molecule has 1 saturated carbocycles. The maximum absolute atomic E-state index is 11.1. The Morgan fingerprint density at radius 3 is 2.46 bits per heavy atom. The Morgan fingerprint density at radius 1 is 1.31 bits per heavy atom. The van der Waals surface area contributed by atoms with E-state index in [9.17, 15) is 4.79 Å². The fourth-order valence-corrected chi connectivity index (χ4v) is 1.63. The standard InChI is InChI=1S/C10H18O2.Ba/c1-2-6-10(11)12-9-7-4-3-5-8-9;/h9H,2-8H2,1H3;. The molecule has 72 valence electrons. The van der Waals surface area contributed by atoms with Crippen molar-refractivity contribution in [1.29, 1.82) is 0 Å². The van der Waals surface area contributed by atoms with Crippen LogP contribution in [0, 0.1) is 0 Å². The van der Waals surface area contributed by atoms with Crippen LogP contribution in [-0.2, 0) is 9.53 Å². The molecule has 0 spiro atoms. The summed E-state index contributed by atoms with van der Waals surface area (Å²) >= 11 is 0. The van der Waals surface area contributed by atoms with Gasteiger partial charge in [0.1, 0.15) is 6.10 Å². The Hall–Kier alpha value is 1.04. The summed E-state index contributed by atoms with van der Waals surface area (Å²) in [6, 6.07) is 0. The predicted octanol–water partition coefficient (Wildman–Crippen LogP) is 2.28. The van der Waals surface area contributed by atoms with Crippen LogP contribution in [0.5, 0.6) is 0 Å². The zero-order chi connectivity index (χ0) is 8.81. The number of esters is 1. The van der Waals surface area contributed by atoms with E-state index in [1.54, 1.807) is 0 Å². The van der Waals surface area contributed by atoms with Gasteiger partial charge < -0.3 is 4.74 Å². The van der Waals surface area contributed by atoms with Crippen LogP contribution in [0.15, 0.2) is 0 Å². The summed E-state index contributed by atoms with van der Waals surface area (Å²) in [5.74, 6) is -0.00981. The van der Waals surface area contributed by atoms with Crippen LogP contribution in [0.4, 0.5) is 0 Å². The molecule has 0 amide bonds. The van der Waals surface area contributed by atoms with Crippen LogP contribution in [-0.4, -0.2) is 61.0 Å². The second-order valence-electron chi connectivity index (χ2n) is 3.50. The van der Waals surface area contributed by atoms with Gasteiger partial charge in [0.05, 0.1) is 0 Å². The molecule has 2 nitrogen and oxygen atoms in total. The first-order valence-corrected chi connectivity index (χ1v) is 5.02. The second-order valence-corrected chi connectivity index (χ2v) is 3.50. The van der Waals surface area contributed by atoms with Crippen molar-refractivity contribution in [3.8, 4) is 0 Å². The van der Waals surface area contributed by atoms with Crippen molar-refractivity contribution in [2.24, 2.45) is 0 Å². The molecule has 0 aliphatic heterocycles. The molecule has 0 aromatic carbocycles. The van der Waals surface area contributed by atoms with Gasteiger partial charge in [-0.3, -0.25) is 4.79 Å². The van der Waals surface area contributed by atoms with E-state index in [0.717, 1.165) is 19.3 Å². The molecule has 1 aliphatic carbocycles. The van der Waals surface area contributed by atoms with Crippen molar-refractivity contribution in [1.82, 2.24) is 0 Å². The summed E-state index contributed by atoms with van der Waals surface area (Å²) in [4.78, 5) is 11.1. The fraction of sp³-hybridized carbons (Fsp3) is 0.900. The van der Waals surface area contributed by atoms with Crippen molar-refractivity contribution < 1.29 is 9.53 Å². The largest absolute Gasteiger partial charge is 0.462 e. The molecule has 13 heavy (non-hydrogen) atoms. The fourth-order valence-electron chi connectivity index (χ4n) is 1.63. The quantitative estimate of drug-likeness (QED) is 0.591. The van der Waals surface area contributed by atoms with Gasteiger partial charge in [-0.05, 0) is 32.1 Å². The van der Waals surface area contributed by atoms with Crippen LogP contribution in [0.25, 0.3) is 0 Å². The molecule has 0 atom stereocenters. The summed E-state index contributed by atoms with van der Waals surface area (Å²) in [5, 5.41) is 0. The number of carbonyl (C=O) groups excluding carboxylic acids is 1. The molecular formula is C10H18BaO2. The van der Waals surface area contributed by atoms with E-state index in [2.05, 4.69) is 0 Å². The smallest absolute Gasteiger partial charge is 0.306 e. The van der Waals surface area contributed by atoms with E-state index >= 15 is 0 Å². The summed E-state index contributed by atoms with van der Waals surface area (Å²) in [6.07, 6.45) is 7.63. The zero-order valence-electron chi connectivity index (χ0n) is 8.55. The average molecular weight is 308 g/mol. The average Bonchev–Trinajstić information content (AvgIpc) is 2.06. The molecule has 0 aromatic heterocycles. The molecule has 3 heteroatoms. The second kappa shape index (κ2) is 8.36. The van der Waals surface area contributed by atoms with Crippen molar-refractivity contribution in [3.63, 3.8) is 0 Å². The first-order chi connectivity index (χ1) is 5.83. The summed E-state index contributed by atoms with van der Waals surface area (Å²) in [5.41, 5.74) is 0. The van der Waals surface area contributed by atoms with Crippen LogP contribution < -0.4 is 0 Å². The van der Waals surface area contributed by atoms with E-state index in [-0.39, 0.29) is 61.0 Å². The molecule has 1 aliphatic rings. The molecule has 1 rings (SSSR count). The third-order valence-electron chi connectivity index (χ3n) is 2.30. The molecular weight excluding hydrogens is 289 g/mol. The van der Waals surface area contributed by atoms with Crippen molar-refractivity contribution >= 4 is 54.9 Å². The summed E-state index contributed by atoms with van der Waals surface area (Å²) in [6.45, 7) is 2.00. The summed E-state index contributed by atoms with van der Waals surface area (Å²) < 4.78 is 5.29. The van der Waals surface area contributed by atoms with Gasteiger partial charge in [0, 0.05) is 55.3 Å². The van der Waals surface area contributed by atoms with Gasteiger partial charge in [0.25, 0.3) is 0 Å². The maximum Gasteiger partial charge on any atom is 0.306 e. The van der Waals surface area contributed by atoms with Crippen LogP contribution in [0.2, 0.25) is 0 Å². The monoisotopic (exact) mass is 308 g/mol. The molecule has 0 N–H and O–H groups in total. The topological polar surface area (TPSA) is 26.3 Å². The van der Waals surface area contributed by atoms with Gasteiger partial charge in [0.15, 0.2) is 0 Å². The number of hydrogen-bond donors (Lipinski definition) is 0. The van der Waals surface area contributed by atoms with Crippen molar-refractivity contribution in [2.45, 2.75) is 58.0 Å². The van der Waals surface area contributed by atoms with Gasteiger partial charge in [0.2, 0.25) is 0 Å². The first kappa shape index (κ1) is 14.0. The molecule has 0 saturated heterocycles. The van der Waals surface area contributed by atoms with Gasteiger partial charge in [-0.1, -0.05) is 13.3 Å². The maximum atomic E-state index is 11.1. The van der Waals surface area contributed by atoms with Crippen LogP contribution in [0.3, 0.4) is 0 Å². The first-order valence-electron chi connectivity index (χ1n) is 5.02. The third kappa shape index (κ3) is 6.18. The SMILES string of the molecule is CCCC(=O)OC1CCCCC1.[Ba]. The number of rotatable bonds is 3. The van der Waals surface area contributed by atoms with E-state index < -0.39 is 0 Å². The van der Waals surface area contributed by atoms with Gasteiger partial charge in [-0.2, -0.15) is 0 Å². The predicted molar refractivity (Wildman–Crippen MR) is 53.6 cm³/mol. The molecule has 0 heterocycles. The van der Waals surface area contributed by atoms with Crippen molar-refractivity contribution in [2.75, 3.05) is 0 Å². The van der Waals surface area contributed by atoms with Crippen molar-refractivity contribution in [3.05, 3.63) is 0 Å². The Labute approximate surface area is 121 Å². The Kier molecular flexibility index (Phi) is 9.03. The summed E-state index contributed by atoms with van der Waals surface area (Å²) in [7, 11) is 0. The van der Waals surface area contributed by atoms with E-state index in [0.29, 0.717) is 6.42 Å². The Bertz CT molecular complexity index is 142. The Morgan fingerprint density at radius 2 is 1.92 bits per heavy atom. The van der Waals surface area contributed by atoms with Gasteiger partial charge in [-0.25, -0.2) is 0 Å². The van der Waals surface area contributed by atoms with Crippen LogP contribution in [0.1, 0.15) is 51.9 Å². The number of carbonyl (C=O) groups is 1. The van der Waals surface area contributed by atoms with Crippen LogP contribution >= 0.6 is 0 Å². The number of hydrogen-bond acceptors (Lipinski definition) is 2. The van der Waals surface area contributed by atoms with Gasteiger partial charge in [-0.15, -0.1) is 0 Å². The normalized spacial score (nSPS) is 17.6. The zero-order valence-corrected chi connectivity index (χ0v) is 13.0. The molecule has 0 unspecified atom stereocenters. The minimum Gasteiger partial charge on any atom is -0.462 e. The van der Waals surface area contributed by atoms with E-state index in [1.807, 2.05) is 6.92 Å². The molecule has 0 bridgehead atoms. The molecule has 1 fully saturated rings. The third-order valence-corrected chi connectivity index (χ3v) is 2.30. The minimum atomic E-state index is -0.00981.